The minimum atomic E-state index is 0.429. The molecule has 0 bridgehead atoms. The second kappa shape index (κ2) is 3.34. The molecule has 0 aliphatic heterocycles. The highest BCUT2D eigenvalue weighted by Crippen LogP contribution is 2.09. The number of aromatic nitrogens is 2. The third-order valence-electron chi connectivity index (χ3n) is 1.23. The van der Waals surface area contributed by atoms with Gasteiger partial charge in [-0.05, 0) is 12.2 Å². The summed E-state index contributed by atoms with van der Waals surface area (Å²) in [5.41, 5.74) is 0.808. The number of rotatable bonds is 2. The molecular formula is C7H7ClN2O. The number of halogens is 1. The lowest BCUT2D eigenvalue weighted by molar-refractivity contribution is -0.104. The van der Waals surface area contributed by atoms with Crippen molar-refractivity contribution in [2.24, 2.45) is 7.05 Å². The minimum Gasteiger partial charge on any atom is -0.299 e. The fourth-order valence-electron chi connectivity index (χ4n) is 0.739. The first-order valence-corrected chi connectivity index (χ1v) is 3.43. The summed E-state index contributed by atoms with van der Waals surface area (Å²) in [6.07, 6.45) is 3.75. The van der Waals surface area contributed by atoms with E-state index in [0.29, 0.717) is 11.4 Å². The van der Waals surface area contributed by atoms with Crippen molar-refractivity contribution in [1.29, 1.82) is 0 Å². The largest absolute Gasteiger partial charge is 0.299 e. The second-order valence-corrected chi connectivity index (χ2v) is 2.40. The lowest BCUT2D eigenvalue weighted by Crippen LogP contribution is -1.91. The molecule has 0 radical (unpaired) electrons. The molecule has 1 aromatic rings. The molecule has 11 heavy (non-hydrogen) atoms. The molecule has 1 aromatic heterocycles. The Morgan fingerprint density at radius 2 is 2.45 bits per heavy atom. The number of hydrogen-bond acceptors (Lipinski definition) is 2. The Kier molecular flexibility index (Phi) is 2.44. The van der Waals surface area contributed by atoms with Gasteiger partial charge in [-0.15, -0.1) is 0 Å². The maximum absolute atomic E-state index is 9.95. The number of aldehydes is 1. The fraction of sp³-hybridized carbons (Fsp3) is 0.143. The number of hydrogen-bond donors (Lipinski definition) is 0. The van der Waals surface area contributed by atoms with E-state index in [0.717, 1.165) is 5.69 Å². The maximum Gasteiger partial charge on any atom is 0.151 e. The van der Waals surface area contributed by atoms with Gasteiger partial charge in [0.1, 0.15) is 6.29 Å². The van der Waals surface area contributed by atoms with Gasteiger partial charge >= 0.3 is 0 Å². The van der Waals surface area contributed by atoms with Crippen LogP contribution in [0.15, 0.2) is 12.1 Å². The van der Waals surface area contributed by atoms with Crippen LogP contribution in [-0.4, -0.2) is 16.1 Å². The predicted molar refractivity (Wildman–Crippen MR) is 43.3 cm³/mol. The van der Waals surface area contributed by atoms with Crippen molar-refractivity contribution < 1.29 is 4.79 Å². The standard InChI is InChI=1S/C7H7ClN2O/c1-10-6(3-2-4-11)5-7(8)9-10/h2-5H,1H3. The van der Waals surface area contributed by atoms with Crippen molar-refractivity contribution in [3.63, 3.8) is 0 Å². The van der Waals surface area contributed by atoms with Crippen LogP contribution in [0.3, 0.4) is 0 Å². The Balaban J connectivity index is 2.93. The summed E-state index contributed by atoms with van der Waals surface area (Å²) in [6.45, 7) is 0. The number of aryl methyl sites for hydroxylation is 1. The Morgan fingerprint density at radius 3 is 2.91 bits per heavy atom. The zero-order valence-corrected chi connectivity index (χ0v) is 6.75. The fourth-order valence-corrected chi connectivity index (χ4v) is 0.964. The molecule has 0 aromatic carbocycles. The molecule has 0 saturated heterocycles. The first-order valence-electron chi connectivity index (χ1n) is 3.05. The molecule has 0 aliphatic carbocycles. The van der Waals surface area contributed by atoms with E-state index in [-0.39, 0.29) is 0 Å². The van der Waals surface area contributed by atoms with Crippen LogP contribution in [0.1, 0.15) is 5.69 Å². The van der Waals surface area contributed by atoms with Gasteiger partial charge in [-0.1, -0.05) is 11.6 Å². The monoisotopic (exact) mass is 170 g/mol. The summed E-state index contributed by atoms with van der Waals surface area (Å²) in [4.78, 5) is 9.95. The highest BCUT2D eigenvalue weighted by atomic mass is 35.5. The first kappa shape index (κ1) is 8.01. The van der Waals surface area contributed by atoms with Gasteiger partial charge < -0.3 is 0 Å². The van der Waals surface area contributed by atoms with E-state index in [2.05, 4.69) is 5.10 Å². The van der Waals surface area contributed by atoms with Gasteiger partial charge in [0.25, 0.3) is 0 Å². The van der Waals surface area contributed by atoms with Gasteiger partial charge in [0.15, 0.2) is 5.15 Å². The first-order chi connectivity index (χ1) is 5.24. The highest BCUT2D eigenvalue weighted by molar-refractivity contribution is 6.29. The quantitative estimate of drug-likeness (QED) is 0.495. The summed E-state index contributed by atoms with van der Waals surface area (Å²) in [7, 11) is 1.76. The Hall–Kier alpha value is -1.09. The van der Waals surface area contributed by atoms with Crippen LogP contribution in [0.4, 0.5) is 0 Å². The molecule has 4 heteroatoms. The zero-order chi connectivity index (χ0) is 8.27. The molecule has 0 saturated carbocycles. The molecule has 58 valence electrons. The molecule has 0 unspecified atom stereocenters. The molecule has 0 aliphatic rings. The average molecular weight is 171 g/mol. The van der Waals surface area contributed by atoms with E-state index in [4.69, 9.17) is 11.6 Å². The topological polar surface area (TPSA) is 34.9 Å². The Bertz CT molecular complexity index is 291. The Labute approximate surface area is 69.3 Å². The average Bonchev–Trinajstić information content (AvgIpc) is 2.26. The van der Waals surface area contributed by atoms with Crippen molar-refractivity contribution in [3.8, 4) is 0 Å². The molecule has 0 amide bonds. The minimum absolute atomic E-state index is 0.429. The van der Waals surface area contributed by atoms with Gasteiger partial charge in [-0.2, -0.15) is 5.10 Å². The lowest BCUT2D eigenvalue weighted by Gasteiger charge is -1.90. The van der Waals surface area contributed by atoms with Crippen LogP contribution >= 0.6 is 11.6 Å². The number of carbonyl (C=O) groups is 1. The second-order valence-electron chi connectivity index (χ2n) is 2.01. The van der Waals surface area contributed by atoms with Crippen molar-refractivity contribution in [2.75, 3.05) is 0 Å². The molecule has 0 spiro atoms. The summed E-state index contributed by atoms with van der Waals surface area (Å²) in [5.74, 6) is 0. The van der Waals surface area contributed by atoms with E-state index in [1.807, 2.05) is 0 Å². The molecule has 3 nitrogen and oxygen atoms in total. The van der Waals surface area contributed by atoms with Crippen molar-refractivity contribution >= 4 is 24.0 Å². The summed E-state index contributed by atoms with van der Waals surface area (Å²) >= 11 is 5.59. The highest BCUT2D eigenvalue weighted by Gasteiger charge is 1.97. The number of nitrogens with zero attached hydrogens (tertiary/aromatic N) is 2. The van der Waals surface area contributed by atoms with Gasteiger partial charge in [-0.3, -0.25) is 9.48 Å². The molecule has 0 N–H and O–H groups in total. The SMILES string of the molecule is Cn1nc(Cl)cc1C=CC=O. The summed E-state index contributed by atoms with van der Waals surface area (Å²) in [5, 5.41) is 4.31. The van der Waals surface area contributed by atoms with Crippen LogP contribution in [-0.2, 0) is 11.8 Å². The maximum atomic E-state index is 9.95. The molecule has 1 rings (SSSR count). The van der Waals surface area contributed by atoms with Crippen LogP contribution in [0.5, 0.6) is 0 Å². The summed E-state index contributed by atoms with van der Waals surface area (Å²) < 4.78 is 1.60. The van der Waals surface area contributed by atoms with Crippen LogP contribution < -0.4 is 0 Å². The van der Waals surface area contributed by atoms with Crippen molar-refractivity contribution in [2.45, 2.75) is 0 Å². The third-order valence-corrected chi connectivity index (χ3v) is 1.42. The molecule has 0 atom stereocenters. The van der Waals surface area contributed by atoms with E-state index in [1.54, 1.807) is 23.9 Å². The van der Waals surface area contributed by atoms with Gasteiger partial charge in [0.05, 0.1) is 5.69 Å². The Morgan fingerprint density at radius 1 is 1.73 bits per heavy atom. The van der Waals surface area contributed by atoms with Gasteiger partial charge in [-0.25, -0.2) is 0 Å². The normalized spacial score (nSPS) is 10.7. The molecule has 0 fully saturated rings. The predicted octanol–water partition coefficient (Wildman–Crippen LogP) is 1.29. The van der Waals surface area contributed by atoms with Gasteiger partial charge in [0.2, 0.25) is 0 Å². The van der Waals surface area contributed by atoms with Gasteiger partial charge in [0, 0.05) is 13.1 Å². The van der Waals surface area contributed by atoms with Crippen molar-refractivity contribution in [1.82, 2.24) is 9.78 Å². The van der Waals surface area contributed by atoms with E-state index < -0.39 is 0 Å². The summed E-state index contributed by atoms with van der Waals surface area (Å²) in [6, 6.07) is 1.68. The van der Waals surface area contributed by atoms with Crippen LogP contribution in [0.2, 0.25) is 5.15 Å². The lowest BCUT2D eigenvalue weighted by atomic mass is 10.4. The van der Waals surface area contributed by atoms with E-state index in [1.165, 1.54) is 6.08 Å². The third kappa shape index (κ3) is 1.91. The van der Waals surface area contributed by atoms with Crippen LogP contribution in [0.25, 0.3) is 6.08 Å². The molecule has 1 heterocycles. The van der Waals surface area contributed by atoms with Crippen molar-refractivity contribution in [3.05, 3.63) is 23.0 Å². The number of allylic oxidation sites excluding steroid dienone is 1. The number of carbonyl (C=O) groups excluding carboxylic acids is 1. The van der Waals surface area contributed by atoms with Crippen LogP contribution in [0, 0.1) is 0 Å². The van der Waals surface area contributed by atoms with E-state index in [9.17, 15) is 4.79 Å². The zero-order valence-electron chi connectivity index (χ0n) is 5.99. The van der Waals surface area contributed by atoms with E-state index >= 15 is 0 Å². The smallest absolute Gasteiger partial charge is 0.151 e. The molecular weight excluding hydrogens is 164 g/mol.